The number of benzene rings is 1. The molecule has 1 aliphatic carbocycles. The summed E-state index contributed by atoms with van der Waals surface area (Å²) in [6.45, 7) is 6.80. The van der Waals surface area contributed by atoms with Gasteiger partial charge >= 0.3 is 0 Å². The number of carbonyl (C=O) groups excluding carboxylic acids is 2. The highest BCUT2D eigenvalue weighted by Gasteiger charge is 2.30. The van der Waals surface area contributed by atoms with E-state index in [1.165, 1.54) is 5.56 Å². The quantitative estimate of drug-likeness (QED) is 0.831. The molecule has 5 heteroatoms. The third kappa shape index (κ3) is 4.92. The van der Waals surface area contributed by atoms with E-state index in [4.69, 9.17) is 0 Å². The number of rotatable bonds is 5. The van der Waals surface area contributed by atoms with Crippen molar-refractivity contribution in [1.29, 1.82) is 0 Å². The molecule has 1 unspecified atom stereocenters. The molecular formula is C20H27N3O2. The standard InChI is InChI=1S/C20H27N3O2/c1-15-4-3-5-17(14-15)6-9-19(24)23-12-10-22(11-13-23)16(2)20(25)21-18-7-8-18/h3-6,9,14,16,18H,7-8,10-13H2,1-2H3,(H,21,25)/b9-6+. The van der Waals surface area contributed by atoms with E-state index in [-0.39, 0.29) is 17.9 Å². The third-order valence-electron chi connectivity index (χ3n) is 4.94. The molecule has 134 valence electrons. The van der Waals surface area contributed by atoms with Crippen LogP contribution in [0.1, 0.15) is 30.9 Å². The largest absolute Gasteiger partial charge is 0.352 e. The SMILES string of the molecule is Cc1cccc(/C=C/C(=O)N2CCN(C(C)C(=O)NC3CC3)CC2)c1. The maximum absolute atomic E-state index is 12.4. The fourth-order valence-electron chi connectivity index (χ4n) is 3.09. The van der Waals surface area contributed by atoms with Crippen LogP contribution in [0.25, 0.3) is 6.08 Å². The summed E-state index contributed by atoms with van der Waals surface area (Å²) in [5.41, 5.74) is 2.22. The Morgan fingerprint density at radius 3 is 2.56 bits per heavy atom. The van der Waals surface area contributed by atoms with Crippen molar-refractivity contribution in [3.8, 4) is 0 Å². The van der Waals surface area contributed by atoms with E-state index in [2.05, 4.69) is 16.3 Å². The van der Waals surface area contributed by atoms with Gasteiger partial charge in [0.15, 0.2) is 0 Å². The molecule has 2 fully saturated rings. The zero-order chi connectivity index (χ0) is 17.8. The van der Waals surface area contributed by atoms with Gasteiger partial charge in [0.1, 0.15) is 0 Å². The maximum Gasteiger partial charge on any atom is 0.246 e. The van der Waals surface area contributed by atoms with E-state index in [9.17, 15) is 9.59 Å². The molecule has 0 radical (unpaired) electrons. The number of amides is 2. The summed E-state index contributed by atoms with van der Waals surface area (Å²) in [6, 6.07) is 8.35. The predicted octanol–water partition coefficient (Wildman–Crippen LogP) is 1.82. The molecule has 0 spiro atoms. The number of aryl methyl sites for hydroxylation is 1. The van der Waals surface area contributed by atoms with E-state index in [0.717, 1.165) is 31.5 Å². The van der Waals surface area contributed by atoms with Crippen LogP contribution in [0.3, 0.4) is 0 Å². The number of nitrogens with one attached hydrogen (secondary N) is 1. The molecule has 1 atom stereocenters. The van der Waals surface area contributed by atoms with E-state index in [1.54, 1.807) is 6.08 Å². The van der Waals surface area contributed by atoms with Gasteiger partial charge in [0, 0.05) is 38.3 Å². The van der Waals surface area contributed by atoms with Gasteiger partial charge < -0.3 is 10.2 Å². The van der Waals surface area contributed by atoms with Gasteiger partial charge in [-0.25, -0.2) is 0 Å². The number of nitrogens with zero attached hydrogens (tertiary/aromatic N) is 2. The maximum atomic E-state index is 12.4. The molecule has 1 N–H and O–H groups in total. The second kappa shape index (κ2) is 7.83. The molecule has 2 aliphatic rings. The molecule has 25 heavy (non-hydrogen) atoms. The average molecular weight is 341 g/mol. The molecule has 1 saturated heterocycles. The van der Waals surface area contributed by atoms with Crippen LogP contribution in [-0.2, 0) is 9.59 Å². The first-order valence-electron chi connectivity index (χ1n) is 9.11. The van der Waals surface area contributed by atoms with Crippen molar-refractivity contribution >= 4 is 17.9 Å². The second-order valence-corrected chi connectivity index (χ2v) is 7.07. The van der Waals surface area contributed by atoms with Crippen LogP contribution in [0.5, 0.6) is 0 Å². The molecule has 3 rings (SSSR count). The van der Waals surface area contributed by atoms with Crippen LogP contribution in [0.2, 0.25) is 0 Å². The topological polar surface area (TPSA) is 52.7 Å². The summed E-state index contributed by atoms with van der Waals surface area (Å²) in [5, 5.41) is 3.06. The van der Waals surface area contributed by atoms with Gasteiger partial charge in [-0.15, -0.1) is 0 Å². The fraction of sp³-hybridized carbons (Fsp3) is 0.500. The van der Waals surface area contributed by atoms with Crippen molar-refractivity contribution < 1.29 is 9.59 Å². The lowest BCUT2D eigenvalue weighted by atomic mass is 10.1. The van der Waals surface area contributed by atoms with Gasteiger partial charge in [-0.3, -0.25) is 14.5 Å². The molecule has 1 heterocycles. The van der Waals surface area contributed by atoms with E-state index < -0.39 is 0 Å². The van der Waals surface area contributed by atoms with Gasteiger partial charge in [-0.05, 0) is 38.3 Å². The molecule has 0 bridgehead atoms. The first kappa shape index (κ1) is 17.7. The number of hydrogen-bond donors (Lipinski definition) is 1. The average Bonchev–Trinajstić information content (AvgIpc) is 3.43. The Morgan fingerprint density at radius 1 is 1.20 bits per heavy atom. The van der Waals surface area contributed by atoms with Crippen LogP contribution in [0.4, 0.5) is 0 Å². The van der Waals surface area contributed by atoms with Gasteiger partial charge in [0.2, 0.25) is 11.8 Å². The van der Waals surface area contributed by atoms with Crippen LogP contribution in [-0.4, -0.2) is 59.9 Å². The van der Waals surface area contributed by atoms with Crippen molar-refractivity contribution in [2.75, 3.05) is 26.2 Å². The van der Waals surface area contributed by atoms with Crippen LogP contribution >= 0.6 is 0 Å². The summed E-state index contributed by atoms with van der Waals surface area (Å²) in [6.07, 6.45) is 5.73. The van der Waals surface area contributed by atoms with Gasteiger partial charge in [-0.1, -0.05) is 29.8 Å². The summed E-state index contributed by atoms with van der Waals surface area (Å²) >= 11 is 0. The molecule has 2 amide bonds. The summed E-state index contributed by atoms with van der Waals surface area (Å²) in [4.78, 5) is 28.5. The van der Waals surface area contributed by atoms with Crippen molar-refractivity contribution in [3.05, 3.63) is 41.5 Å². The highest BCUT2D eigenvalue weighted by atomic mass is 16.2. The fourth-order valence-corrected chi connectivity index (χ4v) is 3.09. The Morgan fingerprint density at radius 2 is 1.92 bits per heavy atom. The van der Waals surface area contributed by atoms with Crippen molar-refractivity contribution in [1.82, 2.24) is 15.1 Å². The Kier molecular flexibility index (Phi) is 5.53. The highest BCUT2D eigenvalue weighted by molar-refractivity contribution is 5.92. The van der Waals surface area contributed by atoms with Crippen molar-refractivity contribution in [3.63, 3.8) is 0 Å². The van der Waals surface area contributed by atoms with Crippen LogP contribution < -0.4 is 5.32 Å². The number of piperazine rings is 1. The van der Waals surface area contributed by atoms with E-state index in [0.29, 0.717) is 19.1 Å². The van der Waals surface area contributed by atoms with Crippen molar-refractivity contribution in [2.45, 2.75) is 38.8 Å². The monoisotopic (exact) mass is 341 g/mol. The molecule has 1 aliphatic heterocycles. The first-order chi connectivity index (χ1) is 12.0. The van der Waals surface area contributed by atoms with Crippen molar-refractivity contribution in [2.24, 2.45) is 0 Å². The Labute approximate surface area is 149 Å². The van der Waals surface area contributed by atoms with Gasteiger partial charge in [0.25, 0.3) is 0 Å². The van der Waals surface area contributed by atoms with Gasteiger partial charge in [0.05, 0.1) is 6.04 Å². The summed E-state index contributed by atoms with van der Waals surface area (Å²) in [5.74, 6) is 0.151. The molecular weight excluding hydrogens is 314 g/mol. The minimum absolute atomic E-state index is 0.0382. The van der Waals surface area contributed by atoms with Crippen LogP contribution in [0, 0.1) is 6.92 Å². The first-order valence-corrected chi connectivity index (χ1v) is 9.11. The summed E-state index contributed by atoms with van der Waals surface area (Å²) < 4.78 is 0. The van der Waals surface area contributed by atoms with Crippen LogP contribution in [0.15, 0.2) is 30.3 Å². The molecule has 5 nitrogen and oxygen atoms in total. The van der Waals surface area contributed by atoms with Gasteiger partial charge in [-0.2, -0.15) is 0 Å². The molecule has 1 aromatic carbocycles. The zero-order valence-electron chi connectivity index (χ0n) is 15.1. The molecule has 1 saturated carbocycles. The lowest BCUT2D eigenvalue weighted by Gasteiger charge is -2.37. The molecule has 0 aromatic heterocycles. The predicted molar refractivity (Wildman–Crippen MR) is 99.0 cm³/mol. The molecule has 1 aromatic rings. The Bertz CT molecular complexity index is 659. The highest BCUT2D eigenvalue weighted by Crippen LogP contribution is 2.19. The normalized spacial score (nSPS) is 19.8. The van der Waals surface area contributed by atoms with E-state index >= 15 is 0 Å². The van der Waals surface area contributed by atoms with E-state index in [1.807, 2.05) is 43.0 Å². The number of carbonyl (C=O) groups is 2. The Hall–Kier alpha value is -2.14. The smallest absolute Gasteiger partial charge is 0.246 e. The minimum atomic E-state index is -0.124. The lowest BCUT2D eigenvalue weighted by molar-refractivity contribution is -0.130. The minimum Gasteiger partial charge on any atom is -0.352 e. The number of hydrogen-bond acceptors (Lipinski definition) is 3. The lowest BCUT2D eigenvalue weighted by Crippen LogP contribution is -2.55. The zero-order valence-corrected chi connectivity index (χ0v) is 15.1. The third-order valence-corrected chi connectivity index (χ3v) is 4.94. The summed E-state index contributed by atoms with van der Waals surface area (Å²) in [7, 11) is 0. The Balaban J connectivity index is 1.47. The second-order valence-electron chi connectivity index (χ2n) is 7.07.